The molecular weight excluding hydrogens is 314 g/mol. The number of hydrogen-bond acceptors (Lipinski definition) is 3. The zero-order valence-corrected chi connectivity index (χ0v) is 15.4. The van der Waals surface area contributed by atoms with E-state index in [4.69, 9.17) is 4.74 Å². The van der Waals surface area contributed by atoms with Crippen LogP contribution < -0.4 is 0 Å². The predicted molar refractivity (Wildman–Crippen MR) is 98.8 cm³/mol. The van der Waals surface area contributed by atoms with Crippen LogP contribution in [0.3, 0.4) is 0 Å². The van der Waals surface area contributed by atoms with Crippen molar-refractivity contribution in [3.05, 3.63) is 36.0 Å². The fourth-order valence-corrected chi connectivity index (χ4v) is 4.65. The molecule has 5 nitrogen and oxygen atoms in total. The van der Waals surface area contributed by atoms with Crippen molar-refractivity contribution in [2.75, 3.05) is 40.4 Å². The third kappa shape index (κ3) is 2.66. The molecule has 1 aromatic carbocycles. The minimum Gasteiger partial charge on any atom is -0.384 e. The molecule has 3 heterocycles. The number of likely N-dealkylation sites (tertiary alicyclic amines) is 2. The topological polar surface area (TPSA) is 37.7 Å². The van der Waals surface area contributed by atoms with Crippen molar-refractivity contribution in [1.82, 2.24) is 14.4 Å². The van der Waals surface area contributed by atoms with E-state index in [1.807, 2.05) is 40.9 Å². The Bertz CT molecular complexity index is 791. The molecule has 2 aliphatic heterocycles. The maximum atomic E-state index is 13.1. The first-order valence-corrected chi connectivity index (χ1v) is 9.07. The molecule has 0 bridgehead atoms. The summed E-state index contributed by atoms with van der Waals surface area (Å²) in [6.07, 6.45) is 4.27. The Morgan fingerprint density at radius 1 is 1.28 bits per heavy atom. The Morgan fingerprint density at radius 3 is 2.80 bits per heavy atom. The van der Waals surface area contributed by atoms with Crippen molar-refractivity contribution >= 4 is 16.8 Å². The first-order chi connectivity index (χ1) is 12.0. The van der Waals surface area contributed by atoms with Gasteiger partial charge < -0.3 is 14.2 Å². The van der Waals surface area contributed by atoms with E-state index in [2.05, 4.69) is 18.0 Å². The average Bonchev–Trinajstić information content (AvgIpc) is 2.92. The van der Waals surface area contributed by atoms with Crippen molar-refractivity contribution in [3.8, 4) is 0 Å². The van der Waals surface area contributed by atoms with Crippen LogP contribution in [0.25, 0.3) is 10.9 Å². The number of methoxy groups -OCH3 is 1. The van der Waals surface area contributed by atoms with E-state index in [0.29, 0.717) is 5.92 Å². The molecule has 1 aromatic heterocycles. The first-order valence-electron chi connectivity index (χ1n) is 9.07. The molecule has 0 saturated carbocycles. The number of carbonyl (C=O) groups excluding carboxylic acids is 1. The summed E-state index contributed by atoms with van der Waals surface area (Å²) >= 11 is 0. The molecule has 0 unspecified atom stereocenters. The normalized spacial score (nSPS) is 23.2. The van der Waals surface area contributed by atoms with Crippen molar-refractivity contribution in [3.63, 3.8) is 0 Å². The number of aromatic nitrogens is 1. The number of carbonyl (C=O) groups is 1. The molecule has 4 rings (SSSR count). The van der Waals surface area contributed by atoms with Gasteiger partial charge in [-0.1, -0.05) is 18.2 Å². The van der Waals surface area contributed by atoms with E-state index in [9.17, 15) is 4.79 Å². The highest BCUT2D eigenvalue weighted by molar-refractivity contribution is 6.07. The van der Waals surface area contributed by atoms with Crippen LogP contribution in [0.1, 0.15) is 23.2 Å². The number of amides is 1. The lowest BCUT2D eigenvalue weighted by Gasteiger charge is -2.58. The highest BCUT2D eigenvalue weighted by atomic mass is 16.5. The summed E-state index contributed by atoms with van der Waals surface area (Å²) in [5.41, 5.74) is 2.07. The van der Waals surface area contributed by atoms with Gasteiger partial charge in [0.2, 0.25) is 0 Å². The summed E-state index contributed by atoms with van der Waals surface area (Å²) in [6.45, 7) is 3.56. The van der Waals surface area contributed by atoms with Gasteiger partial charge in [0.1, 0.15) is 0 Å². The lowest BCUT2D eigenvalue weighted by atomic mass is 9.75. The Morgan fingerprint density at radius 2 is 2.04 bits per heavy atom. The number of piperidine rings is 1. The molecule has 5 heteroatoms. The van der Waals surface area contributed by atoms with Crippen LogP contribution in [0.15, 0.2) is 30.5 Å². The van der Waals surface area contributed by atoms with Gasteiger partial charge in [0, 0.05) is 51.0 Å². The van der Waals surface area contributed by atoms with Crippen LogP contribution >= 0.6 is 0 Å². The van der Waals surface area contributed by atoms with E-state index in [-0.39, 0.29) is 11.4 Å². The van der Waals surface area contributed by atoms with Gasteiger partial charge in [-0.2, -0.15) is 0 Å². The van der Waals surface area contributed by atoms with Crippen LogP contribution in [0.4, 0.5) is 0 Å². The third-order valence-electron chi connectivity index (χ3n) is 6.14. The van der Waals surface area contributed by atoms with Gasteiger partial charge in [-0.05, 0) is 38.4 Å². The SMILES string of the molecule is COC[C@H]1CCN(C)C2(C1)CN(C(=O)c1cn(C)c3ccccc13)C2. The number of benzene rings is 1. The Hall–Kier alpha value is -1.85. The van der Waals surface area contributed by atoms with Crippen molar-refractivity contribution in [2.24, 2.45) is 13.0 Å². The maximum Gasteiger partial charge on any atom is 0.256 e. The molecule has 1 amide bonds. The van der Waals surface area contributed by atoms with Gasteiger partial charge in [-0.15, -0.1) is 0 Å². The summed E-state index contributed by atoms with van der Waals surface area (Å²) in [7, 11) is 5.98. The van der Waals surface area contributed by atoms with Gasteiger partial charge >= 0.3 is 0 Å². The number of rotatable bonds is 3. The Balaban J connectivity index is 1.52. The molecule has 1 spiro atoms. The van der Waals surface area contributed by atoms with E-state index in [1.165, 1.54) is 6.42 Å². The van der Waals surface area contributed by atoms with E-state index in [0.717, 1.165) is 49.1 Å². The Labute approximate surface area is 149 Å². The maximum absolute atomic E-state index is 13.1. The standard InChI is InChI=1S/C20H27N3O2/c1-21-11-17(16-6-4-5-7-18(16)21)19(24)23-13-20(14-23)10-15(12-25-3)8-9-22(20)2/h4-7,11,15H,8-10,12-14H2,1-3H3/t15-/m0/s1. The summed E-state index contributed by atoms with van der Waals surface area (Å²) < 4.78 is 7.41. The quantitative estimate of drug-likeness (QED) is 0.860. The average molecular weight is 341 g/mol. The first kappa shape index (κ1) is 16.6. The van der Waals surface area contributed by atoms with E-state index < -0.39 is 0 Å². The molecule has 2 aromatic rings. The predicted octanol–water partition coefficient (Wildman–Crippen LogP) is 2.36. The highest BCUT2D eigenvalue weighted by Crippen LogP contribution is 2.39. The number of aryl methyl sites for hydroxylation is 1. The monoisotopic (exact) mass is 341 g/mol. The van der Waals surface area contributed by atoms with Gasteiger partial charge in [0.05, 0.1) is 11.1 Å². The second-order valence-electron chi connectivity index (χ2n) is 7.79. The fourth-order valence-electron chi connectivity index (χ4n) is 4.65. The summed E-state index contributed by atoms with van der Waals surface area (Å²) in [5.74, 6) is 0.765. The number of likely N-dealkylation sites (N-methyl/N-ethyl adjacent to an activating group) is 1. The number of para-hydroxylation sites is 1. The molecular formula is C20H27N3O2. The molecule has 2 fully saturated rings. The van der Waals surface area contributed by atoms with E-state index in [1.54, 1.807) is 7.11 Å². The Kier molecular flexibility index (Phi) is 4.08. The highest BCUT2D eigenvalue weighted by Gasteiger charge is 2.51. The number of fused-ring (bicyclic) bond motifs is 1. The number of hydrogen-bond donors (Lipinski definition) is 0. The molecule has 134 valence electrons. The van der Waals surface area contributed by atoms with E-state index >= 15 is 0 Å². The second-order valence-corrected chi connectivity index (χ2v) is 7.79. The summed E-state index contributed by atoms with van der Waals surface area (Å²) in [5, 5.41) is 1.05. The van der Waals surface area contributed by atoms with Crippen LogP contribution in [-0.2, 0) is 11.8 Å². The zero-order chi connectivity index (χ0) is 17.6. The van der Waals surface area contributed by atoms with Crippen LogP contribution in [0.5, 0.6) is 0 Å². The zero-order valence-electron chi connectivity index (χ0n) is 15.4. The molecule has 0 radical (unpaired) electrons. The third-order valence-corrected chi connectivity index (χ3v) is 6.14. The minimum atomic E-state index is 0.141. The van der Waals surface area contributed by atoms with Gasteiger partial charge in [-0.3, -0.25) is 9.69 Å². The lowest BCUT2D eigenvalue weighted by Crippen LogP contribution is -2.72. The van der Waals surface area contributed by atoms with Gasteiger partial charge in [0.15, 0.2) is 0 Å². The molecule has 1 atom stereocenters. The molecule has 0 N–H and O–H groups in total. The smallest absolute Gasteiger partial charge is 0.256 e. The van der Waals surface area contributed by atoms with Crippen LogP contribution in [0, 0.1) is 5.92 Å². The number of nitrogens with zero attached hydrogens (tertiary/aromatic N) is 3. The molecule has 2 aliphatic rings. The van der Waals surface area contributed by atoms with Crippen molar-refractivity contribution in [2.45, 2.75) is 18.4 Å². The number of ether oxygens (including phenoxy) is 1. The van der Waals surface area contributed by atoms with Crippen LogP contribution in [0.2, 0.25) is 0 Å². The largest absolute Gasteiger partial charge is 0.384 e. The van der Waals surface area contributed by atoms with Gasteiger partial charge in [0.25, 0.3) is 5.91 Å². The van der Waals surface area contributed by atoms with Crippen LogP contribution in [-0.4, -0.2) is 66.2 Å². The summed E-state index contributed by atoms with van der Waals surface area (Å²) in [4.78, 5) is 17.5. The lowest BCUT2D eigenvalue weighted by molar-refractivity contribution is -0.0730. The second kappa shape index (κ2) is 6.15. The van der Waals surface area contributed by atoms with Gasteiger partial charge in [-0.25, -0.2) is 0 Å². The van der Waals surface area contributed by atoms with Crippen molar-refractivity contribution < 1.29 is 9.53 Å². The van der Waals surface area contributed by atoms with Crippen molar-refractivity contribution in [1.29, 1.82) is 0 Å². The molecule has 0 aliphatic carbocycles. The summed E-state index contributed by atoms with van der Waals surface area (Å²) in [6, 6.07) is 8.12. The minimum absolute atomic E-state index is 0.141. The molecule has 25 heavy (non-hydrogen) atoms. The fraction of sp³-hybridized carbons (Fsp3) is 0.550. The molecule has 2 saturated heterocycles.